The summed E-state index contributed by atoms with van der Waals surface area (Å²) in [6, 6.07) is 6.35. The molecule has 21 heavy (non-hydrogen) atoms. The maximum absolute atomic E-state index is 11.9. The Hall–Kier alpha value is -1.79. The van der Waals surface area contributed by atoms with E-state index in [-0.39, 0.29) is 23.7 Å². The van der Waals surface area contributed by atoms with E-state index in [1.807, 2.05) is 12.1 Å². The van der Waals surface area contributed by atoms with Crippen molar-refractivity contribution < 1.29 is 19.7 Å². The molecule has 0 fully saturated rings. The highest BCUT2D eigenvalue weighted by Gasteiger charge is 2.17. The molecule has 0 bridgehead atoms. The first-order valence-corrected chi connectivity index (χ1v) is 7.78. The molecule has 0 saturated heterocycles. The van der Waals surface area contributed by atoms with Crippen molar-refractivity contribution in [2.45, 2.75) is 6.92 Å². The standard InChI is InChI=1S/C15H13BrO4S/c1-2-20-15(19)14-9(7-10(17)8-12(14)18)3-4-11-5-6-13(16)21-11/h3-8,17-18H,2H2,1H3/b4-3+. The molecule has 0 aliphatic rings. The molecular weight excluding hydrogens is 356 g/mol. The smallest absolute Gasteiger partial charge is 0.342 e. The Kier molecular flexibility index (Phi) is 5.03. The van der Waals surface area contributed by atoms with Gasteiger partial charge in [0.05, 0.1) is 10.4 Å². The largest absolute Gasteiger partial charge is 0.508 e. The summed E-state index contributed by atoms with van der Waals surface area (Å²) < 4.78 is 5.92. The second-order valence-corrected chi connectivity index (χ2v) is 6.62. The van der Waals surface area contributed by atoms with Gasteiger partial charge in [0.1, 0.15) is 17.1 Å². The number of carbonyl (C=O) groups excluding carboxylic acids is 1. The molecule has 0 spiro atoms. The molecule has 0 aliphatic heterocycles. The predicted molar refractivity (Wildman–Crippen MR) is 86.7 cm³/mol. The lowest BCUT2D eigenvalue weighted by Crippen LogP contribution is -2.07. The van der Waals surface area contributed by atoms with Crippen LogP contribution in [0.2, 0.25) is 0 Å². The van der Waals surface area contributed by atoms with Crippen molar-refractivity contribution >= 4 is 45.4 Å². The topological polar surface area (TPSA) is 66.8 Å². The Morgan fingerprint density at radius 1 is 1.33 bits per heavy atom. The van der Waals surface area contributed by atoms with E-state index < -0.39 is 5.97 Å². The van der Waals surface area contributed by atoms with Crippen molar-refractivity contribution in [2.24, 2.45) is 0 Å². The first-order valence-electron chi connectivity index (χ1n) is 6.17. The Morgan fingerprint density at radius 2 is 2.10 bits per heavy atom. The van der Waals surface area contributed by atoms with Crippen molar-refractivity contribution in [1.29, 1.82) is 0 Å². The Balaban J connectivity index is 2.41. The van der Waals surface area contributed by atoms with Crippen LogP contribution in [0.25, 0.3) is 12.2 Å². The Labute approximate surface area is 134 Å². The molecule has 1 aromatic heterocycles. The van der Waals surface area contributed by atoms with Crippen LogP contribution < -0.4 is 0 Å². The molecule has 0 radical (unpaired) electrons. The second-order valence-electron chi connectivity index (χ2n) is 4.12. The maximum Gasteiger partial charge on any atom is 0.342 e. The average Bonchev–Trinajstić information content (AvgIpc) is 2.81. The number of hydrogen-bond donors (Lipinski definition) is 2. The van der Waals surface area contributed by atoms with E-state index >= 15 is 0 Å². The zero-order valence-electron chi connectivity index (χ0n) is 11.2. The summed E-state index contributed by atoms with van der Waals surface area (Å²) in [6.07, 6.45) is 3.45. The fourth-order valence-corrected chi connectivity index (χ4v) is 3.11. The van der Waals surface area contributed by atoms with Gasteiger partial charge in [-0.2, -0.15) is 0 Å². The fourth-order valence-electron chi connectivity index (χ4n) is 1.78. The number of thiophene rings is 1. The Bertz CT molecular complexity index is 691. The molecular formula is C15H13BrO4S. The van der Waals surface area contributed by atoms with Crippen LogP contribution in [-0.4, -0.2) is 22.8 Å². The molecule has 0 saturated carbocycles. The maximum atomic E-state index is 11.9. The number of hydrogen-bond acceptors (Lipinski definition) is 5. The van der Waals surface area contributed by atoms with Crippen LogP contribution >= 0.6 is 27.3 Å². The van der Waals surface area contributed by atoms with Crippen LogP contribution in [0.4, 0.5) is 0 Å². The van der Waals surface area contributed by atoms with Gasteiger partial charge in [-0.15, -0.1) is 11.3 Å². The number of halogens is 1. The molecule has 1 heterocycles. The lowest BCUT2D eigenvalue weighted by atomic mass is 10.0. The third kappa shape index (κ3) is 3.86. The van der Waals surface area contributed by atoms with Gasteiger partial charge in [-0.1, -0.05) is 6.08 Å². The van der Waals surface area contributed by atoms with Crippen LogP contribution in [-0.2, 0) is 4.74 Å². The summed E-state index contributed by atoms with van der Waals surface area (Å²) in [5, 5.41) is 19.5. The normalized spacial score (nSPS) is 11.0. The van der Waals surface area contributed by atoms with Crippen LogP contribution in [0.1, 0.15) is 27.7 Å². The number of phenolic OH excluding ortho intramolecular Hbond substituents is 2. The summed E-state index contributed by atoms with van der Waals surface area (Å²) in [5.41, 5.74) is 0.442. The van der Waals surface area contributed by atoms with E-state index in [0.29, 0.717) is 5.56 Å². The van der Waals surface area contributed by atoms with E-state index in [1.54, 1.807) is 19.1 Å². The zero-order chi connectivity index (χ0) is 15.4. The first kappa shape index (κ1) is 15.6. The van der Waals surface area contributed by atoms with Gasteiger partial charge in [-0.05, 0) is 52.7 Å². The summed E-state index contributed by atoms with van der Waals surface area (Å²) in [5.74, 6) is -1.05. The summed E-state index contributed by atoms with van der Waals surface area (Å²) in [7, 11) is 0. The summed E-state index contributed by atoms with van der Waals surface area (Å²) >= 11 is 4.90. The molecule has 2 N–H and O–H groups in total. The van der Waals surface area contributed by atoms with E-state index in [1.165, 1.54) is 17.4 Å². The minimum atomic E-state index is -0.623. The first-order chi connectivity index (χ1) is 10.0. The number of rotatable bonds is 4. The van der Waals surface area contributed by atoms with Gasteiger partial charge < -0.3 is 14.9 Å². The molecule has 0 aliphatic carbocycles. The van der Waals surface area contributed by atoms with Crippen LogP contribution in [0.3, 0.4) is 0 Å². The van der Waals surface area contributed by atoms with Crippen molar-refractivity contribution in [3.05, 3.63) is 44.1 Å². The molecule has 0 unspecified atom stereocenters. The minimum Gasteiger partial charge on any atom is -0.508 e. The molecule has 2 rings (SSSR count). The van der Waals surface area contributed by atoms with Crippen molar-refractivity contribution in [3.8, 4) is 11.5 Å². The van der Waals surface area contributed by atoms with Gasteiger partial charge in [0, 0.05) is 10.9 Å². The molecule has 0 atom stereocenters. The van der Waals surface area contributed by atoms with Gasteiger partial charge in [0.2, 0.25) is 0 Å². The van der Waals surface area contributed by atoms with Crippen LogP contribution in [0.5, 0.6) is 11.5 Å². The number of ether oxygens (including phenoxy) is 1. The third-order valence-electron chi connectivity index (χ3n) is 2.63. The van der Waals surface area contributed by atoms with Crippen LogP contribution in [0.15, 0.2) is 28.1 Å². The zero-order valence-corrected chi connectivity index (χ0v) is 13.6. The molecule has 110 valence electrons. The molecule has 6 heteroatoms. The lowest BCUT2D eigenvalue weighted by Gasteiger charge is -2.08. The fraction of sp³-hybridized carbons (Fsp3) is 0.133. The molecule has 4 nitrogen and oxygen atoms in total. The highest BCUT2D eigenvalue weighted by atomic mass is 79.9. The minimum absolute atomic E-state index is 0.0431. The number of phenols is 2. The van der Waals surface area contributed by atoms with Crippen molar-refractivity contribution in [3.63, 3.8) is 0 Å². The summed E-state index contributed by atoms with van der Waals surface area (Å²) in [6.45, 7) is 1.90. The van der Waals surface area contributed by atoms with Gasteiger partial charge in [-0.3, -0.25) is 0 Å². The highest BCUT2D eigenvalue weighted by Crippen LogP contribution is 2.30. The van der Waals surface area contributed by atoms with Gasteiger partial charge in [-0.25, -0.2) is 4.79 Å². The highest BCUT2D eigenvalue weighted by molar-refractivity contribution is 9.11. The van der Waals surface area contributed by atoms with E-state index in [2.05, 4.69) is 15.9 Å². The third-order valence-corrected chi connectivity index (χ3v) is 4.22. The van der Waals surface area contributed by atoms with Crippen molar-refractivity contribution in [2.75, 3.05) is 6.61 Å². The SMILES string of the molecule is CCOC(=O)c1c(O)cc(O)cc1/C=C/c1ccc(Br)s1. The van der Waals surface area contributed by atoms with Gasteiger partial charge in [0.25, 0.3) is 0 Å². The molecule has 2 aromatic rings. The van der Waals surface area contributed by atoms with E-state index in [4.69, 9.17) is 4.74 Å². The number of benzene rings is 1. The van der Waals surface area contributed by atoms with Crippen LogP contribution in [0, 0.1) is 0 Å². The van der Waals surface area contributed by atoms with Crippen molar-refractivity contribution in [1.82, 2.24) is 0 Å². The monoisotopic (exact) mass is 368 g/mol. The summed E-state index contributed by atoms with van der Waals surface area (Å²) in [4.78, 5) is 12.9. The number of carbonyl (C=O) groups is 1. The number of aromatic hydroxyl groups is 2. The van der Waals surface area contributed by atoms with E-state index in [9.17, 15) is 15.0 Å². The van der Waals surface area contributed by atoms with E-state index in [0.717, 1.165) is 14.7 Å². The van der Waals surface area contributed by atoms with Gasteiger partial charge >= 0.3 is 5.97 Å². The molecule has 1 aromatic carbocycles. The predicted octanol–water partition coefficient (Wildman–Crippen LogP) is 4.27. The molecule has 0 amide bonds. The quantitative estimate of drug-likeness (QED) is 0.790. The Morgan fingerprint density at radius 3 is 2.71 bits per heavy atom. The second kappa shape index (κ2) is 6.78. The average molecular weight is 369 g/mol. The van der Waals surface area contributed by atoms with Gasteiger partial charge in [0.15, 0.2) is 0 Å². The lowest BCUT2D eigenvalue weighted by molar-refractivity contribution is 0.0523. The number of esters is 1.